The highest BCUT2D eigenvalue weighted by molar-refractivity contribution is 5.91. The summed E-state index contributed by atoms with van der Waals surface area (Å²) in [6.45, 7) is 2.50. The Hall–Kier alpha value is -3.61. The number of hydrogen-bond donors (Lipinski definition) is 1. The number of ether oxygens (including phenoxy) is 1. The molecule has 0 saturated heterocycles. The third-order valence-electron chi connectivity index (χ3n) is 3.59. The van der Waals surface area contributed by atoms with Crippen molar-refractivity contribution in [2.24, 2.45) is 5.10 Å². The molecular weight excluding hydrogens is 347 g/mol. The molecule has 3 rings (SSSR count). The predicted molar refractivity (Wildman–Crippen MR) is 100 cm³/mol. The molecule has 0 fully saturated rings. The third kappa shape index (κ3) is 4.72. The molecule has 0 unspecified atom stereocenters. The smallest absolute Gasteiger partial charge is 0.309 e. The van der Waals surface area contributed by atoms with Gasteiger partial charge in [-0.2, -0.15) is 5.10 Å². The summed E-state index contributed by atoms with van der Waals surface area (Å²) >= 11 is 0. The molecule has 1 aromatic heterocycles. The van der Waals surface area contributed by atoms with Crippen molar-refractivity contribution in [2.45, 2.75) is 6.92 Å². The van der Waals surface area contributed by atoms with Gasteiger partial charge in [-0.1, -0.05) is 18.2 Å². The van der Waals surface area contributed by atoms with Crippen molar-refractivity contribution in [2.75, 3.05) is 6.61 Å². The van der Waals surface area contributed by atoms with Crippen LogP contribution in [0, 0.1) is 5.82 Å². The largest absolute Gasteiger partial charge is 0.494 e. The molecule has 27 heavy (non-hydrogen) atoms. The van der Waals surface area contributed by atoms with E-state index in [1.165, 1.54) is 18.5 Å². The number of amides is 1. The van der Waals surface area contributed by atoms with E-state index in [1.54, 1.807) is 24.3 Å². The summed E-state index contributed by atoms with van der Waals surface area (Å²) in [5.74, 6) is -0.289. The van der Waals surface area contributed by atoms with E-state index in [2.05, 4.69) is 20.5 Å². The van der Waals surface area contributed by atoms with Crippen molar-refractivity contribution in [1.82, 2.24) is 15.4 Å². The van der Waals surface area contributed by atoms with Crippen LogP contribution in [0.5, 0.6) is 5.75 Å². The van der Waals surface area contributed by atoms with Gasteiger partial charge in [0.1, 0.15) is 11.6 Å². The van der Waals surface area contributed by atoms with Gasteiger partial charge in [0.15, 0.2) is 0 Å². The van der Waals surface area contributed by atoms with E-state index >= 15 is 0 Å². The van der Waals surface area contributed by atoms with Gasteiger partial charge < -0.3 is 4.74 Å². The number of carbonyl (C=O) groups is 1. The van der Waals surface area contributed by atoms with Crippen LogP contribution in [-0.2, 0) is 0 Å². The zero-order valence-electron chi connectivity index (χ0n) is 14.6. The summed E-state index contributed by atoms with van der Waals surface area (Å²) in [5.41, 5.74) is 3.98. The van der Waals surface area contributed by atoms with Gasteiger partial charge in [-0.05, 0) is 43.3 Å². The van der Waals surface area contributed by atoms with E-state index in [0.29, 0.717) is 12.3 Å². The van der Waals surface area contributed by atoms with E-state index in [0.717, 1.165) is 11.3 Å². The Kier molecular flexibility index (Phi) is 5.84. The highest BCUT2D eigenvalue weighted by Gasteiger charge is 2.10. The Morgan fingerprint density at radius 3 is 2.70 bits per heavy atom. The number of halogens is 1. The highest BCUT2D eigenvalue weighted by atomic mass is 19.1. The maximum atomic E-state index is 13.5. The lowest BCUT2D eigenvalue weighted by atomic mass is 10.1. The molecule has 0 bridgehead atoms. The van der Waals surface area contributed by atoms with E-state index < -0.39 is 11.7 Å². The normalized spacial score (nSPS) is 10.7. The topological polar surface area (TPSA) is 76.5 Å². The monoisotopic (exact) mass is 364 g/mol. The Bertz CT molecular complexity index is 958. The van der Waals surface area contributed by atoms with Crippen molar-refractivity contribution in [1.29, 1.82) is 0 Å². The molecule has 1 N–H and O–H groups in total. The lowest BCUT2D eigenvalue weighted by molar-refractivity contribution is 0.0945. The lowest BCUT2D eigenvalue weighted by Gasteiger charge is -2.05. The molecule has 1 heterocycles. The predicted octanol–water partition coefficient (Wildman–Crippen LogP) is 3.45. The molecule has 1 amide bonds. The SMILES string of the molecule is CCOc1ccc(-c2ccnc(C(=O)N/N=C/c3ccccc3F)n2)cc1. The molecule has 0 radical (unpaired) electrons. The number of nitrogens with one attached hydrogen (secondary N) is 1. The number of aromatic nitrogens is 2. The first-order valence-corrected chi connectivity index (χ1v) is 8.31. The molecule has 0 saturated carbocycles. The van der Waals surface area contributed by atoms with Crippen molar-refractivity contribution < 1.29 is 13.9 Å². The van der Waals surface area contributed by atoms with Crippen LogP contribution >= 0.6 is 0 Å². The second-order valence-electron chi connectivity index (χ2n) is 5.44. The van der Waals surface area contributed by atoms with Gasteiger partial charge in [-0.15, -0.1) is 0 Å². The van der Waals surface area contributed by atoms with Crippen LogP contribution in [0.25, 0.3) is 11.3 Å². The summed E-state index contributed by atoms with van der Waals surface area (Å²) in [5, 5.41) is 3.75. The second kappa shape index (κ2) is 8.66. The fourth-order valence-corrected chi connectivity index (χ4v) is 2.31. The van der Waals surface area contributed by atoms with Gasteiger partial charge in [-0.25, -0.2) is 19.8 Å². The number of carbonyl (C=O) groups excluding carboxylic acids is 1. The molecule has 6 nitrogen and oxygen atoms in total. The molecular formula is C20H17FN4O2. The Labute approximate surface area is 155 Å². The molecule has 7 heteroatoms. The van der Waals surface area contributed by atoms with Gasteiger partial charge in [0.05, 0.1) is 18.5 Å². The molecule has 0 aliphatic rings. The Morgan fingerprint density at radius 1 is 1.19 bits per heavy atom. The minimum Gasteiger partial charge on any atom is -0.494 e. The Morgan fingerprint density at radius 2 is 1.96 bits per heavy atom. The minimum absolute atomic E-state index is 0.0351. The van der Waals surface area contributed by atoms with Gasteiger partial charge in [0, 0.05) is 17.3 Å². The summed E-state index contributed by atoms with van der Waals surface area (Å²) < 4.78 is 18.9. The van der Waals surface area contributed by atoms with Crippen LogP contribution in [-0.4, -0.2) is 28.7 Å². The molecule has 0 aliphatic carbocycles. The van der Waals surface area contributed by atoms with Crippen LogP contribution in [0.2, 0.25) is 0 Å². The fourth-order valence-electron chi connectivity index (χ4n) is 2.31. The molecule has 0 aliphatic heterocycles. The molecule has 3 aromatic rings. The van der Waals surface area contributed by atoms with Gasteiger partial charge in [0.2, 0.25) is 5.82 Å². The number of hydrazone groups is 1. The van der Waals surface area contributed by atoms with Gasteiger partial charge in [0.25, 0.3) is 0 Å². The standard InChI is InChI=1S/C20H17FN4O2/c1-2-27-16-9-7-14(8-10-16)18-11-12-22-19(24-18)20(26)25-23-13-15-5-3-4-6-17(15)21/h3-13H,2H2,1H3,(H,25,26)/b23-13+. The van der Waals surface area contributed by atoms with Crippen molar-refractivity contribution >= 4 is 12.1 Å². The van der Waals surface area contributed by atoms with E-state index in [9.17, 15) is 9.18 Å². The first-order valence-electron chi connectivity index (χ1n) is 8.31. The third-order valence-corrected chi connectivity index (χ3v) is 3.59. The zero-order chi connectivity index (χ0) is 19.1. The molecule has 2 aromatic carbocycles. The summed E-state index contributed by atoms with van der Waals surface area (Å²) in [7, 11) is 0. The van der Waals surface area contributed by atoms with E-state index in [-0.39, 0.29) is 11.4 Å². The van der Waals surface area contributed by atoms with Gasteiger partial charge >= 0.3 is 5.91 Å². The zero-order valence-corrected chi connectivity index (χ0v) is 14.6. The van der Waals surface area contributed by atoms with Crippen LogP contribution in [0.4, 0.5) is 4.39 Å². The van der Waals surface area contributed by atoms with Gasteiger partial charge in [-0.3, -0.25) is 4.79 Å². The molecule has 0 atom stereocenters. The maximum Gasteiger partial charge on any atom is 0.309 e. The van der Waals surface area contributed by atoms with Crippen LogP contribution in [0.15, 0.2) is 65.9 Å². The average molecular weight is 364 g/mol. The summed E-state index contributed by atoms with van der Waals surface area (Å²) in [4.78, 5) is 20.4. The first-order chi connectivity index (χ1) is 13.2. The van der Waals surface area contributed by atoms with E-state index in [1.807, 2.05) is 31.2 Å². The summed E-state index contributed by atoms with van der Waals surface area (Å²) in [6, 6.07) is 15.2. The minimum atomic E-state index is -0.588. The quantitative estimate of drug-likeness (QED) is 0.537. The lowest BCUT2D eigenvalue weighted by Crippen LogP contribution is -2.20. The van der Waals surface area contributed by atoms with Crippen molar-refractivity contribution in [3.63, 3.8) is 0 Å². The maximum absolute atomic E-state index is 13.5. The summed E-state index contributed by atoms with van der Waals surface area (Å²) in [6.07, 6.45) is 2.72. The first kappa shape index (κ1) is 18.2. The number of benzene rings is 2. The molecule has 0 spiro atoms. The number of rotatable bonds is 6. The number of hydrogen-bond acceptors (Lipinski definition) is 5. The van der Waals surface area contributed by atoms with Crippen molar-refractivity contribution in [3.8, 4) is 17.0 Å². The van der Waals surface area contributed by atoms with Crippen LogP contribution in [0.3, 0.4) is 0 Å². The van der Waals surface area contributed by atoms with E-state index in [4.69, 9.17) is 4.74 Å². The second-order valence-corrected chi connectivity index (χ2v) is 5.44. The average Bonchev–Trinajstić information content (AvgIpc) is 2.70. The Balaban J connectivity index is 1.71. The highest BCUT2D eigenvalue weighted by Crippen LogP contribution is 2.20. The molecule has 136 valence electrons. The fraction of sp³-hybridized carbons (Fsp3) is 0.100. The van der Waals surface area contributed by atoms with Crippen LogP contribution < -0.4 is 10.2 Å². The van der Waals surface area contributed by atoms with Crippen LogP contribution in [0.1, 0.15) is 23.1 Å². The number of nitrogens with zero attached hydrogens (tertiary/aromatic N) is 3. The van der Waals surface area contributed by atoms with Crippen molar-refractivity contribution in [3.05, 3.63) is 78.0 Å².